The first-order valence-electron chi connectivity index (χ1n) is 9.06. The van der Waals surface area contributed by atoms with E-state index >= 15 is 0 Å². The Morgan fingerprint density at radius 3 is 1.96 bits per heavy atom. The van der Waals surface area contributed by atoms with Crippen LogP contribution in [0.5, 0.6) is 0 Å². The molecule has 1 N–H and O–H groups in total. The molecule has 0 saturated heterocycles. The summed E-state index contributed by atoms with van der Waals surface area (Å²) in [5, 5.41) is 9.85. The van der Waals surface area contributed by atoms with Gasteiger partial charge in [0.05, 0.1) is 19.3 Å². The maximum Gasteiger partial charge on any atom is 0.305 e. The first-order chi connectivity index (χ1) is 11.1. The summed E-state index contributed by atoms with van der Waals surface area (Å²) in [4.78, 5) is 23.3. The molecule has 0 aromatic carbocycles. The number of unbranched alkanes of at least 4 members (excludes halogenated alkanes) is 2. The number of aliphatic hydroxyl groups is 1. The van der Waals surface area contributed by atoms with Gasteiger partial charge < -0.3 is 14.6 Å². The first kappa shape index (κ1) is 19.9. The zero-order valence-corrected chi connectivity index (χ0v) is 14.6. The highest BCUT2D eigenvalue weighted by molar-refractivity contribution is 5.69. The second-order valence-electron chi connectivity index (χ2n) is 6.56. The van der Waals surface area contributed by atoms with E-state index < -0.39 is 0 Å². The fraction of sp³-hybridized carbons (Fsp3) is 0.889. The number of carbonyl (C=O) groups is 2. The van der Waals surface area contributed by atoms with E-state index in [4.69, 9.17) is 9.47 Å². The summed E-state index contributed by atoms with van der Waals surface area (Å²) in [6, 6.07) is 0. The second kappa shape index (κ2) is 11.4. The van der Waals surface area contributed by atoms with Crippen LogP contribution >= 0.6 is 0 Å². The summed E-state index contributed by atoms with van der Waals surface area (Å²) < 4.78 is 10.7. The quantitative estimate of drug-likeness (QED) is 0.623. The highest BCUT2D eigenvalue weighted by Gasteiger charge is 2.31. The Hall–Kier alpha value is -1.10. The first-order valence-corrected chi connectivity index (χ1v) is 9.06. The smallest absolute Gasteiger partial charge is 0.305 e. The highest BCUT2D eigenvalue weighted by Crippen LogP contribution is 2.31. The molecule has 0 radical (unpaired) electrons. The summed E-state index contributed by atoms with van der Waals surface area (Å²) in [5.74, 6) is -0.0893. The minimum atomic E-state index is -0.346. The van der Waals surface area contributed by atoms with Crippen molar-refractivity contribution in [3.8, 4) is 0 Å². The van der Waals surface area contributed by atoms with Gasteiger partial charge in [-0.2, -0.15) is 0 Å². The zero-order chi connectivity index (χ0) is 17.1. The molecular formula is C18H32O5. The van der Waals surface area contributed by atoms with Crippen LogP contribution in [0.25, 0.3) is 0 Å². The van der Waals surface area contributed by atoms with E-state index in [2.05, 4.69) is 0 Å². The van der Waals surface area contributed by atoms with Crippen LogP contribution in [0.4, 0.5) is 0 Å². The fourth-order valence-electron chi connectivity index (χ4n) is 2.91. The van der Waals surface area contributed by atoms with Crippen molar-refractivity contribution in [3.63, 3.8) is 0 Å². The molecule has 0 aliphatic heterocycles. The van der Waals surface area contributed by atoms with Gasteiger partial charge in [-0.1, -0.05) is 26.7 Å². The van der Waals surface area contributed by atoms with Gasteiger partial charge in [-0.25, -0.2) is 0 Å². The second-order valence-corrected chi connectivity index (χ2v) is 6.56. The van der Waals surface area contributed by atoms with E-state index in [9.17, 15) is 14.7 Å². The standard InChI is InChI=1S/C18H32O5/c1-3-5-7-17(20)22-12-14-9-10-16(19)11-15(14)13-23-18(21)8-6-4-2/h14-16,19H,3-13H2,1-2H3. The molecule has 1 fully saturated rings. The maximum atomic E-state index is 11.6. The van der Waals surface area contributed by atoms with Gasteiger partial charge >= 0.3 is 11.9 Å². The lowest BCUT2D eigenvalue weighted by Crippen LogP contribution is -2.34. The lowest BCUT2D eigenvalue weighted by molar-refractivity contribution is -0.151. The molecule has 1 aliphatic carbocycles. The summed E-state index contributed by atoms with van der Waals surface area (Å²) in [6.07, 6.45) is 6.32. The van der Waals surface area contributed by atoms with Crippen molar-refractivity contribution in [1.82, 2.24) is 0 Å². The number of rotatable bonds is 10. The van der Waals surface area contributed by atoms with Crippen molar-refractivity contribution in [2.24, 2.45) is 11.8 Å². The average Bonchev–Trinajstić information content (AvgIpc) is 2.55. The van der Waals surface area contributed by atoms with Crippen molar-refractivity contribution >= 4 is 11.9 Å². The van der Waals surface area contributed by atoms with Crippen LogP contribution in [0.15, 0.2) is 0 Å². The molecule has 3 unspecified atom stereocenters. The van der Waals surface area contributed by atoms with Crippen LogP contribution in [-0.2, 0) is 19.1 Å². The molecule has 134 valence electrons. The third-order valence-electron chi connectivity index (χ3n) is 4.50. The molecule has 0 bridgehead atoms. The van der Waals surface area contributed by atoms with Crippen molar-refractivity contribution in [1.29, 1.82) is 0 Å². The Labute approximate surface area is 139 Å². The lowest BCUT2D eigenvalue weighted by Gasteiger charge is -2.33. The zero-order valence-electron chi connectivity index (χ0n) is 14.6. The Morgan fingerprint density at radius 1 is 0.913 bits per heavy atom. The number of esters is 2. The molecule has 0 aromatic rings. The number of carbonyl (C=O) groups excluding carboxylic acids is 2. The molecule has 0 spiro atoms. The molecular weight excluding hydrogens is 296 g/mol. The lowest BCUT2D eigenvalue weighted by atomic mass is 9.78. The van der Waals surface area contributed by atoms with Gasteiger partial charge in [-0.05, 0) is 38.0 Å². The van der Waals surface area contributed by atoms with Crippen molar-refractivity contribution in [3.05, 3.63) is 0 Å². The summed E-state index contributed by atoms with van der Waals surface area (Å²) in [7, 11) is 0. The van der Waals surface area contributed by atoms with Gasteiger partial charge in [0, 0.05) is 18.8 Å². The molecule has 3 atom stereocenters. The predicted octanol–water partition coefficient (Wildman–Crippen LogP) is 3.23. The van der Waals surface area contributed by atoms with Gasteiger partial charge in [-0.3, -0.25) is 9.59 Å². The van der Waals surface area contributed by atoms with Crippen LogP contribution in [-0.4, -0.2) is 36.4 Å². The SMILES string of the molecule is CCCCC(=O)OCC1CCC(O)CC1COC(=O)CCCC. The van der Waals surface area contributed by atoms with E-state index in [1.807, 2.05) is 13.8 Å². The average molecular weight is 328 g/mol. The van der Waals surface area contributed by atoms with Crippen LogP contribution in [0.1, 0.15) is 71.6 Å². The molecule has 0 heterocycles. The maximum absolute atomic E-state index is 11.6. The van der Waals surface area contributed by atoms with Crippen molar-refractivity contribution < 1.29 is 24.2 Å². The van der Waals surface area contributed by atoms with Crippen LogP contribution in [0.2, 0.25) is 0 Å². The van der Waals surface area contributed by atoms with E-state index in [0.717, 1.165) is 38.5 Å². The van der Waals surface area contributed by atoms with Gasteiger partial charge in [0.2, 0.25) is 0 Å². The number of hydrogen-bond acceptors (Lipinski definition) is 5. The summed E-state index contributed by atoms with van der Waals surface area (Å²) in [6.45, 7) is 4.76. The molecule has 1 aliphatic rings. The van der Waals surface area contributed by atoms with E-state index in [-0.39, 0.29) is 29.9 Å². The van der Waals surface area contributed by atoms with E-state index in [1.54, 1.807) is 0 Å². The van der Waals surface area contributed by atoms with Gasteiger partial charge in [0.1, 0.15) is 0 Å². The van der Waals surface area contributed by atoms with Gasteiger partial charge in [0.15, 0.2) is 0 Å². The Bertz CT molecular complexity index is 355. The number of ether oxygens (including phenoxy) is 2. The highest BCUT2D eigenvalue weighted by atomic mass is 16.5. The third kappa shape index (κ3) is 8.35. The summed E-state index contributed by atoms with van der Waals surface area (Å²) >= 11 is 0. The predicted molar refractivity (Wildman–Crippen MR) is 87.8 cm³/mol. The minimum Gasteiger partial charge on any atom is -0.465 e. The van der Waals surface area contributed by atoms with Crippen LogP contribution in [0.3, 0.4) is 0 Å². The normalized spacial score (nSPS) is 24.2. The Morgan fingerprint density at radius 2 is 1.43 bits per heavy atom. The fourth-order valence-corrected chi connectivity index (χ4v) is 2.91. The molecule has 1 saturated carbocycles. The van der Waals surface area contributed by atoms with Crippen molar-refractivity contribution in [2.75, 3.05) is 13.2 Å². The van der Waals surface area contributed by atoms with E-state index in [0.29, 0.717) is 32.5 Å². The largest absolute Gasteiger partial charge is 0.465 e. The number of aliphatic hydroxyl groups excluding tert-OH is 1. The topological polar surface area (TPSA) is 72.8 Å². The van der Waals surface area contributed by atoms with Crippen LogP contribution < -0.4 is 0 Å². The molecule has 23 heavy (non-hydrogen) atoms. The Kier molecular flexibility index (Phi) is 9.92. The summed E-state index contributed by atoms with van der Waals surface area (Å²) in [5.41, 5.74) is 0. The van der Waals surface area contributed by atoms with Gasteiger partial charge in [0.25, 0.3) is 0 Å². The third-order valence-corrected chi connectivity index (χ3v) is 4.50. The minimum absolute atomic E-state index is 0.0725. The number of hydrogen-bond donors (Lipinski definition) is 1. The monoisotopic (exact) mass is 328 g/mol. The van der Waals surface area contributed by atoms with E-state index in [1.165, 1.54) is 0 Å². The molecule has 0 amide bonds. The molecule has 0 aromatic heterocycles. The Balaban J connectivity index is 2.38. The molecule has 5 nitrogen and oxygen atoms in total. The van der Waals surface area contributed by atoms with Gasteiger partial charge in [-0.15, -0.1) is 0 Å². The van der Waals surface area contributed by atoms with Crippen LogP contribution in [0, 0.1) is 11.8 Å². The molecule has 1 rings (SSSR count). The van der Waals surface area contributed by atoms with Crippen molar-refractivity contribution in [2.45, 2.75) is 77.7 Å². The molecule has 5 heteroatoms.